The third kappa shape index (κ3) is 2.64. The second-order valence-corrected chi connectivity index (χ2v) is 6.46. The zero-order valence-corrected chi connectivity index (χ0v) is 14.4. The number of hydrogen-bond acceptors (Lipinski definition) is 3. The molecule has 122 valence electrons. The molecule has 0 atom stereocenters. The van der Waals surface area contributed by atoms with E-state index < -0.39 is 5.92 Å². The van der Waals surface area contributed by atoms with E-state index in [0.29, 0.717) is 11.1 Å². The maximum Gasteiger partial charge on any atom is 0.199 e. The summed E-state index contributed by atoms with van der Waals surface area (Å²) in [5, 5.41) is 0. The van der Waals surface area contributed by atoms with Crippen molar-refractivity contribution in [2.24, 2.45) is 0 Å². The summed E-state index contributed by atoms with van der Waals surface area (Å²) in [5.41, 5.74) is 3.87. The second-order valence-electron chi connectivity index (χ2n) is 6.46. The van der Waals surface area contributed by atoms with Crippen LogP contribution in [0.5, 0.6) is 0 Å². The smallest absolute Gasteiger partial charge is 0.199 e. The molecule has 2 aliphatic rings. The van der Waals surface area contributed by atoms with Crippen molar-refractivity contribution < 1.29 is 14.2 Å². The Morgan fingerprint density at radius 3 is 1.88 bits per heavy atom. The number of benzene rings is 1. The summed E-state index contributed by atoms with van der Waals surface area (Å²) >= 11 is 0. The normalized spacial score (nSPS) is 19.7. The zero-order chi connectivity index (χ0) is 17.4. The van der Waals surface area contributed by atoms with E-state index in [9.17, 15) is 9.59 Å². The molecular formula is C20H21N2O2+. The summed E-state index contributed by atoms with van der Waals surface area (Å²) in [4.78, 5) is 27.0. The van der Waals surface area contributed by atoms with Gasteiger partial charge in [-0.15, -0.1) is 0 Å². The Balaban J connectivity index is 1.86. The van der Waals surface area contributed by atoms with E-state index in [4.69, 9.17) is 0 Å². The highest BCUT2D eigenvalue weighted by atomic mass is 16.2. The molecule has 4 nitrogen and oxygen atoms in total. The van der Waals surface area contributed by atoms with Gasteiger partial charge in [-0.3, -0.25) is 9.59 Å². The summed E-state index contributed by atoms with van der Waals surface area (Å²) in [7, 11) is 7.82. The van der Waals surface area contributed by atoms with Crippen molar-refractivity contribution in [2.45, 2.75) is 5.92 Å². The quantitative estimate of drug-likeness (QED) is 0.363. The third-order valence-electron chi connectivity index (χ3n) is 4.43. The second kappa shape index (κ2) is 6.04. The number of carbonyl (C=O) groups is 2. The summed E-state index contributed by atoms with van der Waals surface area (Å²) in [6.07, 6.45) is 7.52. The van der Waals surface area contributed by atoms with Gasteiger partial charge >= 0.3 is 0 Å². The van der Waals surface area contributed by atoms with Crippen LogP contribution in [0.1, 0.15) is 11.5 Å². The largest absolute Gasteiger partial charge is 0.378 e. The van der Waals surface area contributed by atoms with Crippen LogP contribution in [-0.4, -0.2) is 50.0 Å². The van der Waals surface area contributed by atoms with Gasteiger partial charge in [-0.05, 0) is 35.4 Å². The molecule has 0 unspecified atom stereocenters. The lowest BCUT2D eigenvalue weighted by Crippen LogP contribution is -2.39. The van der Waals surface area contributed by atoms with E-state index in [1.165, 1.54) is 0 Å². The number of carbonyl (C=O) groups excluding carboxylic acids is 2. The predicted octanol–water partition coefficient (Wildman–Crippen LogP) is 2.12. The Bertz CT molecular complexity index is 797. The Morgan fingerprint density at radius 2 is 1.42 bits per heavy atom. The van der Waals surface area contributed by atoms with Gasteiger partial charge < -0.3 is 4.90 Å². The van der Waals surface area contributed by atoms with E-state index in [0.717, 1.165) is 17.0 Å². The lowest BCUT2D eigenvalue weighted by atomic mass is 9.70. The van der Waals surface area contributed by atoms with E-state index in [-0.39, 0.29) is 11.6 Å². The van der Waals surface area contributed by atoms with Crippen molar-refractivity contribution in [3.8, 4) is 0 Å². The van der Waals surface area contributed by atoms with Crippen LogP contribution in [0.25, 0.3) is 0 Å². The van der Waals surface area contributed by atoms with Crippen molar-refractivity contribution in [3.63, 3.8) is 0 Å². The molecule has 0 radical (unpaired) electrons. The van der Waals surface area contributed by atoms with Gasteiger partial charge in [0.2, 0.25) is 0 Å². The van der Waals surface area contributed by atoms with Crippen molar-refractivity contribution in [1.29, 1.82) is 0 Å². The van der Waals surface area contributed by atoms with Crippen LogP contribution in [0.15, 0.2) is 59.7 Å². The molecular weight excluding hydrogens is 300 g/mol. The summed E-state index contributed by atoms with van der Waals surface area (Å²) in [6.45, 7) is 0. The first-order valence-electron chi connectivity index (χ1n) is 7.90. The average Bonchev–Trinajstić information content (AvgIpc) is 2.56. The van der Waals surface area contributed by atoms with Gasteiger partial charge in [-0.2, -0.15) is 0 Å². The molecule has 0 N–H and O–H groups in total. The highest BCUT2D eigenvalue weighted by Gasteiger charge is 2.46. The monoisotopic (exact) mass is 321 g/mol. The van der Waals surface area contributed by atoms with E-state index >= 15 is 0 Å². The molecule has 0 saturated heterocycles. The molecule has 1 aromatic rings. The lowest BCUT2D eigenvalue weighted by molar-refractivity contribution is -0.462. The number of allylic oxidation sites excluding steroid dienone is 6. The minimum atomic E-state index is -0.648. The van der Waals surface area contributed by atoms with E-state index in [1.807, 2.05) is 86.2 Å². The van der Waals surface area contributed by atoms with Gasteiger partial charge in [0, 0.05) is 31.9 Å². The number of ketones is 2. The summed E-state index contributed by atoms with van der Waals surface area (Å²) in [6, 6.07) is 7.59. The van der Waals surface area contributed by atoms with Crippen molar-refractivity contribution >= 4 is 23.0 Å². The lowest BCUT2D eigenvalue weighted by Gasteiger charge is -2.28. The third-order valence-corrected chi connectivity index (χ3v) is 4.43. The van der Waals surface area contributed by atoms with E-state index in [1.54, 1.807) is 0 Å². The number of anilines is 1. The number of Topliss-reactive ketones (excluding diaryl/α,β-unsaturated/α-hetero) is 2. The molecule has 0 heterocycles. The van der Waals surface area contributed by atoms with Gasteiger partial charge in [-0.25, -0.2) is 4.58 Å². The minimum Gasteiger partial charge on any atom is -0.378 e. The van der Waals surface area contributed by atoms with Crippen molar-refractivity contribution in [3.05, 3.63) is 65.3 Å². The average molecular weight is 321 g/mol. The molecule has 3 rings (SSSR count). The minimum absolute atomic E-state index is 0.0878. The van der Waals surface area contributed by atoms with Crippen LogP contribution < -0.4 is 4.90 Å². The first-order chi connectivity index (χ1) is 11.4. The van der Waals surface area contributed by atoms with Crippen LogP contribution in [-0.2, 0) is 9.59 Å². The summed E-state index contributed by atoms with van der Waals surface area (Å²) in [5.74, 6) is -0.824. The topological polar surface area (TPSA) is 40.4 Å². The number of rotatable bonds is 2. The van der Waals surface area contributed by atoms with Crippen LogP contribution in [0.3, 0.4) is 0 Å². The molecule has 0 aliphatic heterocycles. The van der Waals surface area contributed by atoms with Gasteiger partial charge in [-0.1, -0.05) is 12.1 Å². The fourth-order valence-corrected chi connectivity index (χ4v) is 2.93. The maximum absolute atomic E-state index is 12.5. The SMILES string of the molecule is CN(C)c1ccc(C2C(=O)C(=C3C=CC(=[N+](C)C)C=C3)C2=O)cc1. The molecule has 2 aliphatic carbocycles. The molecule has 0 aromatic heterocycles. The molecule has 1 fully saturated rings. The van der Waals surface area contributed by atoms with Gasteiger partial charge in [0.15, 0.2) is 17.3 Å². The maximum atomic E-state index is 12.5. The Labute approximate surface area is 142 Å². The Kier molecular flexibility index (Phi) is 4.06. The molecule has 0 amide bonds. The first-order valence-corrected chi connectivity index (χ1v) is 7.90. The first kappa shape index (κ1) is 16.1. The Morgan fingerprint density at radius 1 is 0.875 bits per heavy atom. The molecule has 0 spiro atoms. The number of nitrogens with zero attached hydrogens (tertiary/aromatic N) is 2. The predicted molar refractivity (Wildman–Crippen MR) is 95.9 cm³/mol. The highest BCUT2D eigenvalue weighted by molar-refractivity contribution is 6.42. The Hall–Kier alpha value is -2.75. The molecule has 1 saturated carbocycles. The van der Waals surface area contributed by atoms with Crippen molar-refractivity contribution in [1.82, 2.24) is 0 Å². The van der Waals surface area contributed by atoms with Gasteiger partial charge in [0.05, 0.1) is 5.57 Å². The molecule has 24 heavy (non-hydrogen) atoms. The number of hydrogen-bond donors (Lipinski definition) is 0. The standard InChI is InChI=1S/C20H21N2O2/c1-21(2)15-9-5-13(6-10-15)17-19(23)18(20(17)24)14-7-11-16(12-8-14)22(3)4/h5-12,17H,1-4H3/q+1. The summed E-state index contributed by atoms with van der Waals surface area (Å²) < 4.78 is 1.98. The fraction of sp³-hybridized carbons (Fsp3) is 0.250. The van der Waals surface area contributed by atoms with Crippen LogP contribution >= 0.6 is 0 Å². The molecule has 0 bridgehead atoms. The van der Waals surface area contributed by atoms with Crippen LogP contribution in [0, 0.1) is 0 Å². The van der Waals surface area contributed by atoms with Crippen LogP contribution in [0.4, 0.5) is 5.69 Å². The van der Waals surface area contributed by atoms with E-state index in [2.05, 4.69) is 0 Å². The molecule has 1 aromatic carbocycles. The van der Waals surface area contributed by atoms with Crippen LogP contribution in [0.2, 0.25) is 0 Å². The van der Waals surface area contributed by atoms with Gasteiger partial charge in [0.25, 0.3) is 0 Å². The van der Waals surface area contributed by atoms with Crippen molar-refractivity contribution in [2.75, 3.05) is 33.1 Å². The zero-order valence-electron chi connectivity index (χ0n) is 14.4. The molecule has 4 heteroatoms. The highest BCUT2D eigenvalue weighted by Crippen LogP contribution is 2.37. The van der Waals surface area contributed by atoms with Gasteiger partial charge in [0.1, 0.15) is 20.0 Å². The fourth-order valence-electron chi connectivity index (χ4n) is 2.93.